The van der Waals surface area contributed by atoms with Crippen LogP contribution < -0.4 is 9.64 Å². The first-order valence-corrected chi connectivity index (χ1v) is 7.28. The van der Waals surface area contributed by atoms with Gasteiger partial charge in [-0.15, -0.1) is 0 Å². The molecule has 2 rings (SSSR count). The van der Waals surface area contributed by atoms with Crippen molar-refractivity contribution < 1.29 is 4.74 Å². The molecule has 0 atom stereocenters. The number of aryl methyl sites for hydroxylation is 3. The van der Waals surface area contributed by atoms with Crippen LogP contribution in [-0.4, -0.2) is 30.2 Å². The van der Waals surface area contributed by atoms with Crippen LogP contribution >= 0.6 is 0 Å². The zero-order valence-electron chi connectivity index (χ0n) is 13.3. The predicted molar refractivity (Wildman–Crippen MR) is 86.1 cm³/mol. The van der Waals surface area contributed by atoms with Crippen LogP contribution in [-0.2, 0) is 0 Å². The minimum atomic E-state index is 0.694. The molecule has 0 unspecified atom stereocenters. The molecule has 0 N–H and O–H groups in total. The van der Waals surface area contributed by atoms with Gasteiger partial charge in [0, 0.05) is 25.0 Å². The number of rotatable bonds is 6. The van der Waals surface area contributed by atoms with E-state index in [4.69, 9.17) is 4.74 Å². The SMILES string of the molecule is Cc1cc(C)nc(N(C)CCCOc2ccccc2C)n1. The average molecular weight is 285 g/mol. The highest BCUT2D eigenvalue weighted by atomic mass is 16.5. The van der Waals surface area contributed by atoms with Crippen molar-refractivity contribution in [3.05, 3.63) is 47.3 Å². The van der Waals surface area contributed by atoms with Crippen LogP contribution in [0.3, 0.4) is 0 Å². The molecule has 1 aromatic carbocycles. The summed E-state index contributed by atoms with van der Waals surface area (Å²) in [5.41, 5.74) is 3.17. The molecule has 0 saturated heterocycles. The number of nitrogens with zero attached hydrogens (tertiary/aromatic N) is 3. The Morgan fingerprint density at radius 1 is 1.05 bits per heavy atom. The van der Waals surface area contributed by atoms with Gasteiger partial charge in [-0.2, -0.15) is 0 Å². The van der Waals surface area contributed by atoms with Gasteiger partial charge in [0.1, 0.15) is 5.75 Å². The molecule has 4 nitrogen and oxygen atoms in total. The van der Waals surface area contributed by atoms with Crippen LogP contribution in [0.5, 0.6) is 5.75 Å². The Morgan fingerprint density at radius 2 is 1.71 bits per heavy atom. The van der Waals surface area contributed by atoms with Gasteiger partial charge in [0.15, 0.2) is 0 Å². The second-order valence-corrected chi connectivity index (χ2v) is 5.34. The number of para-hydroxylation sites is 1. The van der Waals surface area contributed by atoms with E-state index in [1.54, 1.807) is 0 Å². The van der Waals surface area contributed by atoms with Gasteiger partial charge >= 0.3 is 0 Å². The fourth-order valence-electron chi connectivity index (χ4n) is 2.18. The molecule has 0 aliphatic heterocycles. The molecule has 0 saturated carbocycles. The van der Waals surface area contributed by atoms with Gasteiger partial charge < -0.3 is 9.64 Å². The molecular weight excluding hydrogens is 262 g/mol. The van der Waals surface area contributed by atoms with Gasteiger partial charge in [-0.3, -0.25) is 0 Å². The molecule has 2 aromatic rings. The number of aromatic nitrogens is 2. The number of benzene rings is 1. The lowest BCUT2D eigenvalue weighted by molar-refractivity contribution is 0.310. The summed E-state index contributed by atoms with van der Waals surface area (Å²) in [6.07, 6.45) is 0.932. The highest BCUT2D eigenvalue weighted by molar-refractivity contribution is 5.32. The first kappa shape index (κ1) is 15.3. The number of ether oxygens (including phenoxy) is 1. The van der Waals surface area contributed by atoms with Crippen LogP contribution in [0.25, 0.3) is 0 Å². The third-order valence-electron chi connectivity index (χ3n) is 3.30. The van der Waals surface area contributed by atoms with Crippen molar-refractivity contribution in [3.8, 4) is 5.75 Å². The molecule has 0 amide bonds. The Balaban J connectivity index is 1.82. The van der Waals surface area contributed by atoms with Gasteiger partial charge in [0.25, 0.3) is 0 Å². The molecule has 0 radical (unpaired) electrons. The van der Waals surface area contributed by atoms with Crippen molar-refractivity contribution in [2.75, 3.05) is 25.1 Å². The van der Waals surface area contributed by atoms with E-state index >= 15 is 0 Å². The molecule has 0 aliphatic rings. The molecule has 21 heavy (non-hydrogen) atoms. The van der Waals surface area contributed by atoms with Crippen molar-refractivity contribution in [1.29, 1.82) is 0 Å². The molecule has 4 heteroatoms. The van der Waals surface area contributed by atoms with Crippen LogP contribution in [0.2, 0.25) is 0 Å². The lowest BCUT2D eigenvalue weighted by Gasteiger charge is -2.18. The Hall–Kier alpha value is -2.10. The smallest absolute Gasteiger partial charge is 0.225 e. The Labute approximate surface area is 126 Å². The first-order valence-electron chi connectivity index (χ1n) is 7.28. The topological polar surface area (TPSA) is 38.2 Å². The van der Waals surface area contributed by atoms with E-state index in [1.807, 2.05) is 45.2 Å². The van der Waals surface area contributed by atoms with Crippen molar-refractivity contribution in [2.24, 2.45) is 0 Å². The Morgan fingerprint density at radius 3 is 2.38 bits per heavy atom. The zero-order valence-corrected chi connectivity index (χ0v) is 13.3. The van der Waals surface area contributed by atoms with E-state index < -0.39 is 0 Å². The van der Waals surface area contributed by atoms with Gasteiger partial charge in [0.2, 0.25) is 5.95 Å². The van der Waals surface area contributed by atoms with Gasteiger partial charge in [-0.25, -0.2) is 9.97 Å². The molecule has 1 heterocycles. The highest BCUT2D eigenvalue weighted by Crippen LogP contribution is 2.16. The lowest BCUT2D eigenvalue weighted by atomic mass is 10.2. The lowest BCUT2D eigenvalue weighted by Crippen LogP contribution is -2.23. The molecule has 0 aliphatic carbocycles. The number of anilines is 1. The van der Waals surface area contributed by atoms with Crippen molar-refractivity contribution >= 4 is 5.95 Å². The van der Waals surface area contributed by atoms with Gasteiger partial charge in [0.05, 0.1) is 6.61 Å². The van der Waals surface area contributed by atoms with E-state index in [0.29, 0.717) is 6.61 Å². The van der Waals surface area contributed by atoms with E-state index in [-0.39, 0.29) is 0 Å². The molecule has 1 aromatic heterocycles. The maximum Gasteiger partial charge on any atom is 0.225 e. The van der Waals surface area contributed by atoms with E-state index in [2.05, 4.69) is 27.9 Å². The minimum Gasteiger partial charge on any atom is -0.493 e. The largest absolute Gasteiger partial charge is 0.493 e. The quantitative estimate of drug-likeness (QED) is 0.763. The third kappa shape index (κ3) is 4.45. The second kappa shape index (κ2) is 7.07. The Kier molecular flexibility index (Phi) is 5.14. The highest BCUT2D eigenvalue weighted by Gasteiger charge is 2.06. The summed E-state index contributed by atoms with van der Waals surface area (Å²) >= 11 is 0. The summed E-state index contributed by atoms with van der Waals surface area (Å²) in [6.45, 7) is 7.61. The third-order valence-corrected chi connectivity index (χ3v) is 3.30. The fourth-order valence-corrected chi connectivity index (χ4v) is 2.18. The van der Waals surface area contributed by atoms with Gasteiger partial charge in [-0.05, 0) is 44.9 Å². The van der Waals surface area contributed by atoms with Crippen LogP contribution in [0.4, 0.5) is 5.95 Å². The summed E-state index contributed by atoms with van der Waals surface area (Å²) in [6, 6.07) is 10.1. The summed E-state index contributed by atoms with van der Waals surface area (Å²) in [4.78, 5) is 11.0. The fraction of sp³-hybridized carbons (Fsp3) is 0.412. The summed E-state index contributed by atoms with van der Waals surface area (Å²) in [5.74, 6) is 1.74. The summed E-state index contributed by atoms with van der Waals surface area (Å²) in [7, 11) is 2.02. The van der Waals surface area contributed by atoms with Crippen molar-refractivity contribution in [2.45, 2.75) is 27.2 Å². The molecular formula is C17H23N3O. The van der Waals surface area contributed by atoms with Crippen LogP contribution in [0, 0.1) is 20.8 Å². The Bertz CT molecular complexity index is 578. The van der Waals surface area contributed by atoms with E-state index in [9.17, 15) is 0 Å². The molecule has 0 spiro atoms. The maximum atomic E-state index is 5.80. The monoisotopic (exact) mass is 285 g/mol. The number of hydrogen-bond acceptors (Lipinski definition) is 4. The van der Waals surface area contributed by atoms with Gasteiger partial charge in [-0.1, -0.05) is 18.2 Å². The maximum absolute atomic E-state index is 5.80. The zero-order chi connectivity index (χ0) is 15.2. The van der Waals surface area contributed by atoms with E-state index in [0.717, 1.165) is 36.1 Å². The predicted octanol–water partition coefficient (Wildman–Crippen LogP) is 3.31. The van der Waals surface area contributed by atoms with E-state index in [1.165, 1.54) is 5.56 Å². The molecule has 112 valence electrons. The van der Waals surface area contributed by atoms with Crippen LogP contribution in [0.1, 0.15) is 23.4 Å². The second-order valence-electron chi connectivity index (χ2n) is 5.34. The van der Waals surface area contributed by atoms with Crippen molar-refractivity contribution in [3.63, 3.8) is 0 Å². The van der Waals surface area contributed by atoms with Crippen LogP contribution in [0.15, 0.2) is 30.3 Å². The first-order chi connectivity index (χ1) is 10.1. The average Bonchev–Trinajstić information content (AvgIpc) is 2.44. The molecule has 0 fully saturated rings. The standard InChI is InChI=1S/C17H23N3O/c1-13-8-5-6-9-16(13)21-11-7-10-20(4)17-18-14(2)12-15(3)19-17/h5-6,8-9,12H,7,10-11H2,1-4H3. The normalized spacial score (nSPS) is 10.5. The summed E-state index contributed by atoms with van der Waals surface area (Å²) < 4.78 is 5.80. The summed E-state index contributed by atoms with van der Waals surface area (Å²) in [5, 5.41) is 0. The molecule has 0 bridgehead atoms. The van der Waals surface area contributed by atoms with Crippen molar-refractivity contribution in [1.82, 2.24) is 9.97 Å². The minimum absolute atomic E-state index is 0.694. The number of hydrogen-bond donors (Lipinski definition) is 0.